The minimum Gasteiger partial charge on any atom is -0.497 e. The Balaban J connectivity index is 1.78. The summed E-state index contributed by atoms with van der Waals surface area (Å²) in [6, 6.07) is 20.5. The Kier molecular flexibility index (Phi) is 4.96. The average Bonchev–Trinajstić information content (AvgIpc) is 2.74. The molecule has 140 valence electrons. The van der Waals surface area contributed by atoms with Gasteiger partial charge >= 0.3 is 0 Å². The average molecular weight is 370 g/mol. The predicted molar refractivity (Wildman–Crippen MR) is 110 cm³/mol. The number of anilines is 1. The summed E-state index contributed by atoms with van der Waals surface area (Å²) >= 11 is 0. The molecule has 0 fully saturated rings. The van der Waals surface area contributed by atoms with Crippen LogP contribution in [-0.2, 0) is 19.5 Å². The number of ether oxygens (including phenoxy) is 1. The van der Waals surface area contributed by atoms with Crippen LogP contribution in [0, 0.1) is 11.3 Å². The van der Waals surface area contributed by atoms with Crippen LogP contribution in [0.4, 0.5) is 5.82 Å². The number of nitrogens with two attached hydrogens (primary N) is 1. The van der Waals surface area contributed by atoms with Gasteiger partial charge in [0, 0.05) is 37.3 Å². The fraction of sp³-hybridized carbons (Fsp3) is 0.217. The molecule has 0 bridgehead atoms. The third-order valence-corrected chi connectivity index (χ3v) is 5.18. The van der Waals surface area contributed by atoms with Gasteiger partial charge in [-0.2, -0.15) is 5.26 Å². The lowest BCUT2D eigenvalue weighted by atomic mass is 9.91. The van der Waals surface area contributed by atoms with Crippen molar-refractivity contribution in [3.63, 3.8) is 0 Å². The summed E-state index contributed by atoms with van der Waals surface area (Å²) in [5.41, 5.74) is 11.7. The van der Waals surface area contributed by atoms with Gasteiger partial charge < -0.3 is 10.5 Å². The molecule has 4 rings (SSSR count). The summed E-state index contributed by atoms with van der Waals surface area (Å²) < 4.78 is 5.38. The van der Waals surface area contributed by atoms with Crippen LogP contribution in [0.25, 0.3) is 11.1 Å². The van der Waals surface area contributed by atoms with Crippen molar-refractivity contribution in [3.8, 4) is 22.9 Å². The second-order valence-corrected chi connectivity index (χ2v) is 6.96. The molecule has 1 aromatic heterocycles. The second kappa shape index (κ2) is 7.71. The molecule has 0 unspecified atom stereocenters. The quantitative estimate of drug-likeness (QED) is 0.757. The topological polar surface area (TPSA) is 75.2 Å². The number of hydrogen-bond donors (Lipinski definition) is 1. The first-order valence-electron chi connectivity index (χ1n) is 9.31. The van der Waals surface area contributed by atoms with Crippen molar-refractivity contribution in [2.75, 3.05) is 19.4 Å². The highest BCUT2D eigenvalue weighted by atomic mass is 16.5. The van der Waals surface area contributed by atoms with Gasteiger partial charge in [-0.1, -0.05) is 42.5 Å². The standard InChI is InChI=1S/C23H22N4O/c1-28-18-9-5-8-17(12-18)22-19(13-24)23(25)26-21-10-11-27(15-20(21)22)14-16-6-3-2-4-7-16/h2-9,12H,10-11,14-15H2,1H3,(H2,25,26). The van der Waals surface area contributed by atoms with E-state index in [2.05, 4.69) is 40.2 Å². The Morgan fingerprint density at radius 3 is 2.75 bits per heavy atom. The minimum absolute atomic E-state index is 0.301. The molecule has 0 aliphatic carbocycles. The first kappa shape index (κ1) is 18.0. The smallest absolute Gasteiger partial charge is 0.142 e. The summed E-state index contributed by atoms with van der Waals surface area (Å²) in [6.07, 6.45) is 0.815. The van der Waals surface area contributed by atoms with Gasteiger partial charge in [-0.05, 0) is 28.8 Å². The van der Waals surface area contributed by atoms with Crippen molar-refractivity contribution >= 4 is 5.82 Å². The zero-order chi connectivity index (χ0) is 19.5. The number of fused-ring (bicyclic) bond motifs is 1. The predicted octanol–water partition coefficient (Wildman–Crippen LogP) is 3.77. The molecule has 5 nitrogen and oxygen atoms in total. The van der Waals surface area contributed by atoms with E-state index in [-0.39, 0.29) is 0 Å². The van der Waals surface area contributed by atoms with Crippen molar-refractivity contribution in [3.05, 3.63) is 77.0 Å². The van der Waals surface area contributed by atoms with Crippen molar-refractivity contribution in [2.24, 2.45) is 0 Å². The van der Waals surface area contributed by atoms with Crippen molar-refractivity contribution < 1.29 is 4.74 Å². The van der Waals surface area contributed by atoms with Crippen LogP contribution < -0.4 is 10.5 Å². The van der Waals surface area contributed by atoms with E-state index in [1.807, 2.05) is 30.3 Å². The molecule has 0 spiro atoms. The van der Waals surface area contributed by atoms with Gasteiger partial charge in [0.25, 0.3) is 0 Å². The van der Waals surface area contributed by atoms with Crippen LogP contribution >= 0.6 is 0 Å². The molecule has 1 aliphatic heterocycles. The molecule has 0 amide bonds. The monoisotopic (exact) mass is 370 g/mol. The minimum atomic E-state index is 0.301. The van der Waals surface area contributed by atoms with Crippen molar-refractivity contribution in [1.82, 2.24) is 9.88 Å². The van der Waals surface area contributed by atoms with Crippen LogP contribution in [0.15, 0.2) is 54.6 Å². The Morgan fingerprint density at radius 1 is 1.18 bits per heavy atom. The number of nitrogens with zero attached hydrogens (tertiary/aromatic N) is 3. The van der Waals surface area contributed by atoms with E-state index in [1.165, 1.54) is 5.56 Å². The third kappa shape index (κ3) is 3.42. The van der Waals surface area contributed by atoms with Gasteiger partial charge in [0.15, 0.2) is 0 Å². The maximum absolute atomic E-state index is 9.77. The number of rotatable bonds is 4. The lowest BCUT2D eigenvalue weighted by Crippen LogP contribution is -2.31. The summed E-state index contributed by atoms with van der Waals surface area (Å²) in [5, 5.41) is 9.77. The third-order valence-electron chi connectivity index (χ3n) is 5.18. The molecule has 5 heteroatoms. The number of aromatic nitrogens is 1. The molecule has 3 aromatic rings. The second-order valence-electron chi connectivity index (χ2n) is 6.96. The van der Waals surface area contributed by atoms with Crippen LogP contribution in [0.3, 0.4) is 0 Å². The first-order chi connectivity index (χ1) is 13.7. The Bertz CT molecular complexity index is 1040. The maximum Gasteiger partial charge on any atom is 0.142 e. The zero-order valence-electron chi connectivity index (χ0n) is 15.9. The summed E-state index contributed by atoms with van der Waals surface area (Å²) in [4.78, 5) is 6.94. The molecule has 0 radical (unpaired) electrons. The molecule has 1 aliphatic rings. The van der Waals surface area contributed by atoms with Gasteiger partial charge in [-0.3, -0.25) is 4.90 Å². The van der Waals surface area contributed by atoms with Gasteiger partial charge in [-0.15, -0.1) is 0 Å². The molecular formula is C23H22N4O. The number of hydrogen-bond acceptors (Lipinski definition) is 5. The van der Waals surface area contributed by atoms with Crippen LogP contribution in [0.2, 0.25) is 0 Å². The SMILES string of the molecule is COc1cccc(-c2c(C#N)c(N)nc3c2CN(Cc2ccccc2)CC3)c1. The maximum atomic E-state index is 9.77. The Labute approximate surface area is 165 Å². The summed E-state index contributed by atoms with van der Waals surface area (Å²) in [7, 11) is 1.64. The van der Waals surface area contributed by atoms with Gasteiger partial charge in [0.2, 0.25) is 0 Å². The van der Waals surface area contributed by atoms with Crippen LogP contribution in [-0.4, -0.2) is 23.5 Å². The molecular weight excluding hydrogens is 348 g/mol. The fourth-order valence-corrected chi connectivity index (χ4v) is 3.82. The van der Waals surface area contributed by atoms with Gasteiger partial charge in [-0.25, -0.2) is 4.98 Å². The molecule has 2 N–H and O–H groups in total. The van der Waals surface area contributed by atoms with E-state index in [9.17, 15) is 5.26 Å². The van der Waals surface area contributed by atoms with E-state index in [0.29, 0.717) is 11.4 Å². The van der Waals surface area contributed by atoms with Crippen molar-refractivity contribution in [1.29, 1.82) is 5.26 Å². The molecule has 0 saturated carbocycles. The fourth-order valence-electron chi connectivity index (χ4n) is 3.82. The highest BCUT2D eigenvalue weighted by Crippen LogP contribution is 2.36. The molecule has 0 atom stereocenters. The van der Waals surface area contributed by atoms with Gasteiger partial charge in [0.1, 0.15) is 23.2 Å². The first-order valence-corrected chi connectivity index (χ1v) is 9.31. The number of benzene rings is 2. The van der Waals surface area contributed by atoms with E-state index in [1.54, 1.807) is 7.11 Å². The molecule has 28 heavy (non-hydrogen) atoms. The summed E-state index contributed by atoms with van der Waals surface area (Å²) in [6.45, 7) is 2.51. The number of nitrogen functional groups attached to an aromatic ring is 1. The number of methoxy groups -OCH3 is 1. The Morgan fingerprint density at radius 2 is 2.00 bits per heavy atom. The van der Waals surface area contributed by atoms with Crippen LogP contribution in [0.1, 0.15) is 22.4 Å². The van der Waals surface area contributed by atoms with E-state index >= 15 is 0 Å². The largest absolute Gasteiger partial charge is 0.497 e. The lowest BCUT2D eigenvalue weighted by Gasteiger charge is -2.30. The molecule has 2 heterocycles. The van der Waals surface area contributed by atoms with E-state index in [0.717, 1.165) is 54.2 Å². The van der Waals surface area contributed by atoms with Crippen LogP contribution in [0.5, 0.6) is 5.75 Å². The zero-order valence-corrected chi connectivity index (χ0v) is 15.9. The number of pyridine rings is 1. The van der Waals surface area contributed by atoms with E-state index in [4.69, 9.17) is 10.5 Å². The Hall–Kier alpha value is -3.36. The van der Waals surface area contributed by atoms with Gasteiger partial charge in [0.05, 0.1) is 7.11 Å². The van der Waals surface area contributed by atoms with E-state index < -0.39 is 0 Å². The highest BCUT2D eigenvalue weighted by Gasteiger charge is 2.25. The normalized spacial score (nSPS) is 13.6. The summed E-state index contributed by atoms with van der Waals surface area (Å²) in [5.74, 6) is 1.05. The lowest BCUT2D eigenvalue weighted by molar-refractivity contribution is 0.244. The molecule has 0 saturated heterocycles. The van der Waals surface area contributed by atoms with Crippen molar-refractivity contribution in [2.45, 2.75) is 19.5 Å². The molecule has 2 aromatic carbocycles. The highest BCUT2D eigenvalue weighted by molar-refractivity contribution is 5.80. The number of nitriles is 1.